The van der Waals surface area contributed by atoms with E-state index in [9.17, 15) is 18.0 Å². The van der Waals surface area contributed by atoms with Crippen LogP contribution in [0.1, 0.15) is 16.7 Å². The minimum Gasteiger partial charge on any atom is -0.369 e. The Morgan fingerprint density at radius 2 is 1.61 bits per heavy atom. The van der Waals surface area contributed by atoms with E-state index in [1.165, 1.54) is 0 Å². The first kappa shape index (κ1) is 28.9. The molecule has 3 aromatic carbocycles. The zero-order valence-corrected chi connectivity index (χ0v) is 24.4. The van der Waals surface area contributed by atoms with E-state index < -0.39 is 27.4 Å². The van der Waals surface area contributed by atoms with Crippen molar-refractivity contribution in [2.75, 3.05) is 42.1 Å². The van der Waals surface area contributed by atoms with Gasteiger partial charge in [-0.2, -0.15) is 0 Å². The van der Waals surface area contributed by atoms with Crippen molar-refractivity contribution in [3.05, 3.63) is 94.5 Å². The fourth-order valence-electron chi connectivity index (χ4n) is 5.91. The minimum atomic E-state index is -3.47. The predicted molar refractivity (Wildman–Crippen MR) is 161 cm³/mol. The number of halogens is 1. The van der Waals surface area contributed by atoms with Crippen LogP contribution in [-0.2, 0) is 39.0 Å². The van der Waals surface area contributed by atoms with Crippen LogP contribution in [0.25, 0.3) is 0 Å². The second-order valence-corrected chi connectivity index (χ2v) is 12.9. The van der Waals surface area contributed by atoms with Crippen LogP contribution in [0.15, 0.2) is 72.8 Å². The highest BCUT2D eigenvalue weighted by Gasteiger charge is 2.53. The number of nitrogens with zero attached hydrogens (tertiary/aromatic N) is 2. The Balaban J connectivity index is 1.43. The molecule has 0 bridgehead atoms. The fraction of sp³-hybridized carbons (Fsp3) is 0.333. The Bertz CT molecular complexity index is 1540. The Kier molecular flexibility index (Phi) is 8.26. The number of carbonyl (C=O) groups is 2. The van der Waals surface area contributed by atoms with E-state index in [0.717, 1.165) is 28.6 Å². The first-order valence-corrected chi connectivity index (χ1v) is 15.8. The van der Waals surface area contributed by atoms with E-state index >= 15 is 0 Å². The Hall–Kier alpha value is -3.60. The Morgan fingerprint density at radius 3 is 2.27 bits per heavy atom. The molecule has 2 aliphatic heterocycles. The Morgan fingerprint density at radius 1 is 0.976 bits per heavy atom. The van der Waals surface area contributed by atoms with Crippen LogP contribution in [-0.4, -0.2) is 63.6 Å². The summed E-state index contributed by atoms with van der Waals surface area (Å²) in [6.07, 6.45) is 1.74. The van der Waals surface area contributed by atoms with Crippen molar-refractivity contribution in [3.63, 3.8) is 0 Å². The summed E-state index contributed by atoms with van der Waals surface area (Å²) in [6, 6.07) is 21.8. The second-order valence-electron chi connectivity index (χ2n) is 10.7. The summed E-state index contributed by atoms with van der Waals surface area (Å²) in [5.41, 5.74) is 8.88. The van der Waals surface area contributed by atoms with Crippen molar-refractivity contribution in [2.45, 2.75) is 25.4 Å². The van der Waals surface area contributed by atoms with Crippen LogP contribution in [0, 0.1) is 5.41 Å². The number of para-hydroxylation sites is 2. The highest BCUT2D eigenvalue weighted by atomic mass is 35.5. The zero-order valence-electron chi connectivity index (χ0n) is 22.8. The van der Waals surface area contributed by atoms with Crippen molar-refractivity contribution in [1.82, 2.24) is 10.2 Å². The lowest BCUT2D eigenvalue weighted by atomic mass is 9.69. The van der Waals surface area contributed by atoms with Crippen LogP contribution >= 0.6 is 11.6 Å². The molecule has 0 saturated carbocycles. The number of carbonyl (C=O) groups excluding carboxylic acids is 2. The van der Waals surface area contributed by atoms with Gasteiger partial charge in [-0.3, -0.25) is 14.3 Å². The van der Waals surface area contributed by atoms with E-state index in [-0.39, 0.29) is 12.3 Å². The molecule has 4 N–H and O–H groups in total. The van der Waals surface area contributed by atoms with Gasteiger partial charge in [0.15, 0.2) is 0 Å². The molecular formula is C30H34ClN5O4S. The van der Waals surface area contributed by atoms with E-state index in [4.69, 9.17) is 17.3 Å². The number of nitrogens with one attached hydrogen (secondary N) is 2. The highest BCUT2D eigenvalue weighted by molar-refractivity contribution is 7.92. The van der Waals surface area contributed by atoms with Gasteiger partial charge < -0.3 is 20.9 Å². The molecule has 5 rings (SSSR count). The number of sulfonamides is 1. The first-order valence-electron chi connectivity index (χ1n) is 13.5. The lowest BCUT2D eigenvalue weighted by Crippen LogP contribution is -2.65. The highest BCUT2D eigenvalue weighted by Crippen LogP contribution is 2.36. The molecule has 1 saturated heterocycles. The van der Waals surface area contributed by atoms with Crippen LogP contribution in [0.5, 0.6) is 0 Å². The van der Waals surface area contributed by atoms with Crippen LogP contribution in [0.2, 0.25) is 5.02 Å². The van der Waals surface area contributed by atoms with Gasteiger partial charge in [0.2, 0.25) is 21.8 Å². The van der Waals surface area contributed by atoms with Crippen molar-refractivity contribution in [2.24, 2.45) is 11.1 Å². The monoisotopic (exact) mass is 595 g/mol. The number of anilines is 2. The van der Waals surface area contributed by atoms with E-state index in [2.05, 4.69) is 10.0 Å². The molecule has 2 aliphatic rings. The van der Waals surface area contributed by atoms with Gasteiger partial charge in [0.25, 0.3) is 0 Å². The lowest BCUT2D eigenvalue weighted by molar-refractivity contribution is -0.152. The van der Waals surface area contributed by atoms with Crippen molar-refractivity contribution >= 4 is 44.8 Å². The molecule has 41 heavy (non-hydrogen) atoms. The number of amides is 2. The summed E-state index contributed by atoms with van der Waals surface area (Å²) in [4.78, 5) is 31.7. The van der Waals surface area contributed by atoms with E-state index in [1.54, 1.807) is 29.2 Å². The summed E-state index contributed by atoms with van der Waals surface area (Å²) < 4.78 is 26.4. The third-order valence-electron chi connectivity index (χ3n) is 8.00. The molecule has 2 atom stereocenters. The van der Waals surface area contributed by atoms with Gasteiger partial charge in [0.1, 0.15) is 5.41 Å². The first-order chi connectivity index (χ1) is 19.6. The van der Waals surface area contributed by atoms with Gasteiger partial charge in [0, 0.05) is 43.8 Å². The molecule has 3 aromatic rings. The Labute approximate surface area is 245 Å². The van der Waals surface area contributed by atoms with Gasteiger partial charge in [-0.15, -0.1) is 0 Å². The number of hydrogen-bond donors (Lipinski definition) is 3. The predicted octanol–water partition coefficient (Wildman–Crippen LogP) is 2.79. The number of hydrogen-bond acceptors (Lipinski definition) is 6. The summed E-state index contributed by atoms with van der Waals surface area (Å²) in [6.45, 7) is 2.16. The average Bonchev–Trinajstić information content (AvgIpc) is 2.96. The van der Waals surface area contributed by atoms with Gasteiger partial charge in [0.05, 0.1) is 17.6 Å². The van der Waals surface area contributed by atoms with Gasteiger partial charge in [-0.25, -0.2) is 8.42 Å². The largest absolute Gasteiger partial charge is 0.369 e. The molecule has 0 spiro atoms. The standard InChI is InChI=1S/C30H34ClN5O4S/c1-41(39,40)34-25-8-4-5-9-26(25)35-14-16-36(17-15-35)29(38)30(28(32)37,19-21-10-12-24(31)13-11-21)27-18-22-6-2-3-7-23(22)20-33-27/h2-13,27,33-34H,14-20H2,1H3,(H2,32,37)/t27-,30-/m1/s1. The molecule has 11 heteroatoms. The molecule has 216 valence electrons. The number of fused-ring (bicyclic) bond motifs is 1. The SMILES string of the molecule is CS(=O)(=O)Nc1ccccc1N1CCN(C(=O)[C@@](Cc2ccc(Cl)cc2)(C(N)=O)[C@H]2Cc3ccccc3CN2)CC1. The summed E-state index contributed by atoms with van der Waals surface area (Å²) in [5.74, 6) is -0.974. The lowest BCUT2D eigenvalue weighted by Gasteiger charge is -2.45. The third kappa shape index (κ3) is 6.19. The molecule has 9 nitrogen and oxygen atoms in total. The molecule has 2 amide bonds. The number of rotatable bonds is 8. The van der Waals surface area contributed by atoms with E-state index in [0.29, 0.717) is 49.9 Å². The second kappa shape index (κ2) is 11.7. The molecule has 0 aromatic heterocycles. The normalized spacial score (nSPS) is 18.7. The van der Waals surface area contributed by atoms with Gasteiger partial charge in [-0.1, -0.05) is 60.1 Å². The summed E-state index contributed by atoms with van der Waals surface area (Å²) >= 11 is 6.12. The smallest absolute Gasteiger partial charge is 0.240 e. The fourth-order valence-corrected chi connectivity index (χ4v) is 6.61. The average molecular weight is 596 g/mol. The number of nitrogens with two attached hydrogens (primary N) is 1. The molecule has 0 unspecified atom stereocenters. The topological polar surface area (TPSA) is 125 Å². The van der Waals surface area contributed by atoms with Crippen LogP contribution in [0.4, 0.5) is 11.4 Å². The van der Waals surface area contributed by atoms with Crippen LogP contribution in [0.3, 0.4) is 0 Å². The number of benzene rings is 3. The molecule has 0 radical (unpaired) electrons. The minimum absolute atomic E-state index is 0.138. The molecule has 0 aliphatic carbocycles. The third-order valence-corrected chi connectivity index (χ3v) is 8.84. The van der Waals surface area contributed by atoms with Crippen molar-refractivity contribution < 1.29 is 18.0 Å². The quantitative estimate of drug-likeness (QED) is 0.344. The molecule has 1 fully saturated rings. The molecule has 2 heterocycles. The maximum Gasteiger partial charge on any atom is 0.240 e. The van der Waals surface area contributed by atoms with Crippen molar-refractivity contribution in [3.8, 4) is 0 Å². The number of primary amides is 1. The summed E-state index contributed by atoms with van der Waals surface area (Å²) in [5, 5.41) is 4.03. The van der Waals surface area contributed by atoms with Crippen molar-refractivity contribution in [1.29, 1.82) is 0 Å². The van der Waals surface area contributed by atoms with Gasteiger partial charge in [-0.05, 0) is 53.8 Å². The van der Waals surface area contributed by atoms with Crippen LogP contribution < -0.4 is 20.7 Å². The maximum absolute atomic E-state index is 14.5. The number of piperazine rings is 1. The molecular weight excluding hydrogens is 562 g/mol. The van der Waals surface area contributed by atoms with Gasteiger partial charge >= 0.3 is 0 Å². The maximum atomic E-state index is 14.5. The van der Waals surface area contributed by atoms with E-state index in [1.807, 2.05) is 53.4 Å². The zero-order chi connectivity index (χ0) is 29.2. The summed E-state index contributed by atoms with van der Waals surface area (Å²) in [7, 11) is -3.47.